The van der Waals surface area contributed by atoms with Crippen molar-refractivity contribution >= 4 is 23.2 Å². The minimum absolute atomic E-state index is 0.416. The van der Waals surface area contributed by atoms with E-state index in [1.165, 1.54) is 6.33 Å². The standard InChI is InChI=1S/C19H20N6O/c1-6-9-25-13(2)16(14-7-8-15(26-5)20-10-14)17-18(23-12-24(3)4)21-11-22-19(17)25/h1,7-8,10-12H,9H2,2-5H3/b23-12+. The molecule has 3 aromatic rings. The minimum Gasteiger partial charge on any atom is -0.481 e. The second-order valence-electron chi connectivity index (χ2n) is 5.94. The smallest absolute Gasteiger partial charge is 0.212 e. The van der Waals surface area contributed by atoms with E-state index in [0.717, 1.165) is 27.9 Å². The molecule has 3 aromatic heterocycles. The van der Waals surface area contributed by atoms with E-state index in [1.807, 2.05) is 42.6 Å². The first-order valence-corrected chi connectivity index (χ1v) is 8.05. The van der Waals surface area contributed by atoms with Crippen molar-refractivity contribution in [2.75, 3.05) is 21.2 Å². The zero-order valence-electron chi connectivity index (χ0n) is 15.3. The first kappa shape index (κ1) is 17.4. The van der Waals surface area contributed by atoms with Gasteiger partial charge in [-0.2, -0.15) is 0 Å². The molecule has 0 aliphatic rings. The van der Waals surface area contributed by atoms with Gasteiger partial charge < -0.3 is 14.2 Å². The molecule has 7 nitrogen and oxygen atoms in total. The number of ether oxygens (including phenoxy) is 1. The highest BCUT2D eigenvalue weighted by Crippen LogP contribution is 2.38. The van der Waals surface area contributed by atoms with Gasteiger partial charge in [0.2, 0.25) is 5.88 Å². The highest BCUT2D eigenvalue weighted by atomic mass is 16.5. The van der Waals surface area contributed by atoms with Gasteiger partial charge in [-0.25, -0.2) is 19.9 Å². The lowest BCUT2D eigenvalue weighted by Gasteiger charge is -2.06. The summed E-state index contributed by atoms with van der Waals surface area (Å²) in [6.45, 7) is 2.43. The van der Waals surface area contributed by atoms with Crippen molar-refractivity contribution < 1.29 is 4.74 Å². The van der Waals surface area contributed by atoms with Crippen LogP contribution in [0.25, 0.3) is 22.2 Å². The van der Waals surface area contributed by atoms with Crippen LogP contribution in [-0.2, 0) is 6.54 Å². The number of methoxy groups -OCH3 is 1. The minimum atomic E-state index is 0.416. The molecule has 0 radical (unpaired) electrons. The Labute approximate surface area is 152 Å². The molecule has 3 rings (SSSR count). The number of nitrogens with zero attached hydrogens (tertiary/aromatic N) is 6. The molecular weight excluding hydrogens is 328 g/mol. The Bertz CT molecular complexity index is 996. The van der Waals surface area contributed by atoms with Crippen molar-refractivity contribution in [3.05, 3.63) is 30.4 Å². The summed E-state index contributed by atoms with van der Waals surface area (Å²) in [4.78, 5) is 19.5. The van der Waals surface area contributed by atoms with Crippen molar-refractivity contribution in [2.45, 2.75) is 13.5 Å². The van der Waals surface area contributed by atoms with E-state index in [2.05, 4.69) is 25.9 Å². The summed E-state index contributed by atoms with van der Waals surface area (Å²) in [6.07, 6.45) is 10.6. The van der Waals surface area contributed by atoms with Gasteiger partial charge in [-0.1, -0.05) is 5.92 Å². The van der Waals surface area contributed by atoms with Crippen molar-refractivity contribution in [3.8, 4) is 29.4 Å². The molecule has 0 aliphatic carbocycles. The monoisotopic (exact) mass is 348 g/mol. The topological polar surface area (TPSA) is 68.4 Å². The maximum atomic E-state index is 5.56. The maximum absolute atomic E-state index is 5.56. The van der Waals surface area contributed by atoms with E-state index in [0.29, 0.717) is 18.2 Å². The van der Waals surface area contributed by atoms with E-state index >= 15 is 0 Å². The fourth-order valence-corrected chi connectivity index (χ4v) is 2.83. The Balaban J connectivity index is 2.32. The molecule has 0 spiro atoms. The van der Waals surface area contributed by atoms with Gasteiger partial charge in [0, 0.05) is 43.2 Å². The van der Waals surface area contributed by atoms with Gasteiger partial charge in [-0.15, -0.1) is 6.42 Å². The van der Waals surface area contributed by atoms with Crippen molar-refractivity contribution in [1.82, 2.24) is 24.4 Å². The number of hydrogen-bond donors (Lipinski definition) is 0. The van der Waals surface area contributed by atoms with Gasteiger partial charge in [0.15, 0.2) is 5.82 Å². The number of aliphatic imine (C=N–C) groups is 1. The molecule has 0 aromatic carbocycles. The predicted octanol–water partition coefficient (Wildman–Crippen LogP) is 2.66. The van der Waals surface area contributed by atoms with Crippen LogP contribution in [0.5, 0.6) is 5.88 Å². The number of aromatic nitrogens is 4. The number of terminal acetylenes is 1. The molecule has 7 heteroatoms. The second kappa shape index (κ2) is 7.23. The fourth-order valence-electron chi connectivity index (χ4n) is 2.83. The quantitative estimate of drug-likeness (QED) is 0.403. The van der Waals surface area contributed by atoms with Crippen molar-refractivity contribution in [2.24, 2.45) is 4.99 Å². The lowest BCUT2D eigenvalue weighted by molar-refractivity contribution is 0.398. The molecule has 26 heavy (non-hydrogen) atoms. The summed E-state index contributed by atoms with van der Waals surface area (Å²) in [5, 5.41) is 0.852. The van der Waals surface area contributed by atoms with Crippen LogP contribution < -0.4 is 4.74 Å². The molecule has 0 aliphatic heterocycles. The third-order valence-corrected chi connectivity index (χ3v) is 3.97. The number of pyridine rings is 1. The number of fused-ring (bicyclic) bond motifs is 1. The first-order valence-electron chi connectivity index (χ1n) is 8.05. The average Bonchev–Trinajstić information content (AvgIpc) is 2.93. The molecule has 0 N–H and O–H groups in total. The third-order valence-electron chi connectivity index (χ3n) is 3.97. The molecule has 0 atom stereocenters. The molecule has 0 fully saturated rings. The van der Waals surface area contributed by atoms with Gasteiger partial charge in [0.1, 0.15) is 12.0 Å². The first-order chi connectivity index (χ1) is 12.6. The van der Waals surface area contributed by atoms with Crippen LogP contribution in [0.3, 0.4) is 0 Å². The normalized spacial score (nSPS) is 11.0. The Hall–Kier alpha value is -3.40. The van der Waals surface area contributed by atoms with Crippen molar-refractivity contribution in [1.29, 1.82) is 0 Å². The number of hydrogen-bond acceptors (Lipinski definition) is 5. The van der Waals surface area contributed by atoms with Gasteiger partial charge in [0.05, 0.1) is 25.4 Å². The fraction of sp³-hybridized carbons (Fsp3) is 0.263. The highest BCUT2D eigenvalue weighted by Gasteiger charge is 2.20. The average molecular weight is 348 g/mol. The van der Waals surface area contributed by atoms with E-state index < -0.39 is 0 Å². The van der Waals surface area contributed by atoms with Crippen molar-refractivity contribution in [3.63, 3.8) is 0 Å². The third kappa shape index (κ3) is 3.09. The van der Waals surface area contributed by atoms with Gasteiger partial charge >= 0.3 is 0 Å². The molecule has 0 unspecified atom stereocenters. The highest BCUT2D eigenvalue weighted by molar-refractivity contribution is 6.02. The maximum Gasteiger partial charge on any atom is 0.212 e. The van der Waals surface area contributed by atoms with Gasteiger partial charge in [-0.05, 0) is 13.0 Å². The molecule has 132 valence electrons. The molecular formula is C19H20N6O. The molecule has 3 heterocycles. The predicted molar refractivity (Wildman–Crippen MR) is 103 cm³/mol. The van der Waals surface area contributed by atoms with E-state index in [1.54, 1.807) is 19.6 Å². The molecule has 0 saturated carbocycles. The van der Waals surface area contributed by atoms with Crippen LogP contribution in [0.1, 0.15) is 5.69 Å². The zero-order valence-corrected chi connectivity index (χ0v) is 15.3. The number of rotatable bonds is 5. The summed E-state index contributed by atoms with van der Waals surface area (Å²) < 4.78 is 7.15. The van der Waals surface area contributed by atoms with Gasteiger partial charge in [0.25, 0.3) is 0 Å². The molecule has 0 saturated heterocycles. The lowest BCUT2D eigenvalue weighted by atomic mass is 10.1. The largest absolute Gasteiger partial charge is 0.481 e. The Morgan fingerprint density at radius 2 is 2.12 bits per heavy atom. The van der Waals surface area contributed by atoms with E-state index in [4.69, 9.17) is 11.2 Å². The summed E-state index contributed by atoms with van der Waals surface area (Å²) in [5.74, 6) is 3.84. The Morgan fingerprint density at radius 3 is 2.73 bits per heavy atom. The SMILES string of the molecule is C#CCn1c(C)c(-c2ccc(OC)nc2)c2c(/N=C/N(C)C)ncnc21. The van der Waals surface area contributed by atoms with Crippen LogP contribution in [0.15, 0.2) is 29.6 Å². The second-order valence-corrected chi connectivity index (χ2v) is 5.94. The van der Waals surface area contributed by atoms with Crippen LogP contribution >= 0.6 is 0 Å². The van der Waals surface area contributed by atoms with Crippen LogP contribution in [0, 0.1) is 19.3 Å². The molecule has 0 bridgehead atoms. The Kier molecular flexibility index (Phi) is 4.85. The van der Waals surface area contributed by atoms with Crippen LogP contribution in [0.2, 0.25) is 0 Å². The molecule has 0 amide bonds. The summed E-state index contributed by atoms with van der Waals surface area (Å²) in [5.41, 5.74) is 3.65. The van der Waals surface area contributed by atoms with Crippen LogP contribution in [-0.4, -0.2) is 52.0 Å². The summed E-state index contributed by atoms with van der Waals surface area (Å²) >= 11 is 0. The van der Waals surface area contributed by atoms with E-state index in [-0.39, 0.29) is 0 Å². The lowest BCUT2D eigenvalue weighted by Crippen LogP contribution is -2.07. The van der Waals surface area contributed by atoms with E-state index in [9.17, 15) is 0 Å². The Morgan fingerprint density at radius 1 is 1.31 bits per heavy atom. The summed E-state index contributed by atoms with van der Waals surface area (Å²) in [7, 11) is 5.41. The zero-order chi connectivity index (χ0) is 18.7. The van der Waals surface area contributed by atoms with Gasteiger partial charge in [-0.3, -0.25) is 0 Å². The summed E-state index contributed by atoms with van der Waals surface area (Å²) in [6, 6.07) is 3.78. The van der Waals surface area contributed by atoms with Crippen LogP contribution in [0.4, 0.5) is 5.82 Å².